The third-order valence-corrected chi connectivity index (χ3v) is 8.76. The molecule has 0 saturated carbocycles. The number of carbonyl (C=O) groups is 2. The van der Waals surface area contributed by atoms with Crippen LogP contribution in [-0.2, 0) is 46.3 Å². The topological polar surface area (TPSA) is 338 Å². The van der Waals surface area contributed by atoms with E-state index in [0.717, 1.165) is 26.1 Å². The molecule has 46 heavy (non-hydrogen) atoms. The van der Waals surface area contributed by atoms with Crippen molar-refractivity contribution in [1.82, 2.24) is 14.9 Å². The number of H-pyrrole nitrogens is 1. The van der Waals surface area contributed by atoms with Gasteiger partial charge >= 0.3 is 70.8 Å². The van der Waals surface area contributed by atoms with Crippen LogP contribution in [0.15, 0.2) is 21.9 Å². The molecule has 7 N–H and O–H groups in total. The summed E-state index contributed by atoms with van der Waals surface area (Å²) in [6, 6.07) is -0.905. The predicted molar refractivity (Wildman–Crippen MR) is 132 cm³/mol. The summed E-state index contributed by atoms with van der Waals surface area (Å²) in [5.41, 5.74) is -1.82. The Morgan fingerprint density at radius 3 is 2.26 bits per heavy atom. The van der Waals surface area contributed by atoms with Crippen LogP contribution in [0.1, 0.15) is 20.1 Å². The number of aliphatic hydroxyl groups excluding tert-OH is 4. The quantitative estimate of drug-likeness (QED) is 0.0733. The van der Waals surface area contributed by atoms with Gasteiger partial charge in [-0.25, -0.2) is 13.9 Å². The average Bonchev–Trinajstić information content (AvgIpc) is 3.18. The van der Waals surface area contributed by atoms with Crippen molar-refractivity contribution in [3.05, 3.63) is 33.1 Å². The van der Waals surface area contributed by atoms with Crippen molar-refractivity contribution in [2.75, 3.05) is 13.2 Å². The maximum Gasteiger partial charge on any atom is 1.00 e. The Hall–Kier alpha value is -0.400. The smallest absolute Gasteiger partial charge is 0.756 e. The maximum atomic E-state index is 12.6. The number of aromatic amines is 1. The first-order chi connectivity index (χ1) is 20.4. The molecule has 2 aliphatic rings. The monoisotopic (exact) mass is 723 g/mol. The van der Waals surface area contributed by atoms with Gasteiger partial charge in [0.05, 0.1) is 13.2 Å². The molecule has 2 unspecified atom stereocenters. The fraction of sp³-hybridized carbons (Fsp3) is 0.700. The molecule has 1 aromatic rings. The van der Waals surface area contributed by atoms with Gasteiger partial charge in [-0.05, 0) is 6.92 Å². The molecular formula is C20H29N3Na2O19P2. The third kappa shape index (κ3) is 11.3. The molecular weight excluding hydrogens is 694 g/mol. The minimum Gasteiger partial charge on any atom is -0.756 e. The van der Waals surface area contributed by atoms with Crippen molar-refractivity contribution in [1.29, 1.82) is 0 Å². The van der Waals surface area contributed by atoms with Crippen LogP contribution in [0.25, 0.3) is 0 Å². The number of aromatic nitrogens is 2. The Kier molecular flexibility index (Phi) is 17.1. The van der Waals surface area contributed by atoms with Gasteiger partial charge in [0, 0.05) is 19.2 Å². The van der Waals surface area contributed by atoms with Gasteiger partial charge < -0.3 is 59.4 Å². The fourth-order valence-electron chi connectivity index (χ4n) is 4.18. The summed E-state index contributed by atoms with van der Waals surface area (Å²) in [5, 5.41) is 51.8. The summed E-state index contributed by atoms with van der Waals surface area (Å²) in [7, 11) is -12.0. The van der Waals surface area contributed by atoms with Gasteiger partial charge in [0.25, 0.3) is 21.2 Å². The number of amides is 1. The van der Waals surface area contributed by atoms with Crippen LogP contribution in [0.3, 0.4) is 0 Å². The van der Waals surface area contributed by atoms with E-state index < -0.39 is 113 Å². The number of nitrogens with zero attached hydrogens (tertiary/aromatic N) is 1. The van der Waals surface area contributed by atoms with Gasteiger partial charge in [0.15, 0.2) is 18.6 Å². The van der Waals surface area contributed by atoms with Crippen LogP contribution in [0.4, 0.5) is 0 Å². The number of hydrogen-bond acceptors (Lipinski definition) is 18. The van der Waals surface area contributed by atoms with Crippen molar-refractivity contribution >= 4 is 27.5 Å². The zero-order valence-electron chi connectivity index (χ0n) is 24.6. The number of phosphoric acid groups is 2. The van der Waals surface area contributed by atoms with Crippen molar-refractivity contribution in [2.24, 2.45) is 0 Å². The van der Waals surface area contributed by atoms with Gasteiger partial charge in [-0.3, -0.25) is 32.8 Å². The van der Waals surface area contributed by atoms with Crippen LogP contribution in [-0.4, -0.2) is 115 Å². The molecule has 3 heterocycles. The van der Waals surface area contributed by atoms with E-state index in [0.29, 0.717) is 4.57 Å². The largest absolute Gasteiger partial charge is 1.00 e. The first-order valence-corrected chi connectivity index (χ1v) is 15.4. The van der Waals surface area contributed by atoms with Crippen LogP contribution < -0.4 is 85.5 Å². The number of carboxylic acids is 1. The van der Waals surface area contributed by atoms with Gasteiger partial charge in [0.1, 0.15) is 42.7 Å². The van der Waals surface area contributed by atoms with E-state index in [4.69, 9.17) is 19.3 Å². The molecule has 1 aromatic heterocycles. The molecule has 2 fully saturated rings. The van der Waals surface area contributed by atoms with E-state index in [1.54, 1.807) is 0 Å². The Morgan fingerprint density at radius 1 is 1.09 bits per heavy atom. The molecule has 0 spiro atoms. The molecule has 250 valence electrons. The molecule has 2 aliphatic heterocycles. The number of aliphatic carboxylic acids is 1. The van der Waals surface area contributed by atoms with E-state index in [-0.39, 0.29) is 59.1 Å². The van der Waals surface area contributed by atoms with Crippen molar-refractivity contribution < 1.29 is 141 Å². The Labute approximate surface area is 302 Å². The van der Waals surface area contributed by atoms with E-state index in [1.807, 2.05) is 4.98 Å². The molecule has 12 atom stereocenters. The number of rotatable bonds is 13. The second-order valence-electron chi connectivity index (χ2n) is 9.46. The van der Waals surface area contributed by atoms with Gasteiger partial charge in [-0.1, -0.05) is 0 Å². The van der Waals surface area contributed by atoms with Crippen molar-refractivity contribution in [2.45, 2.75) is 75.1 Å². The summed E-state index contributed by atoms with van der Waals surface area (Å²) in [6.07, 6.45) is -15.3. The molecule has 2 saturated heterocycles. The summed E-state index contributed by atoms with van der Waals surface area (Å²) in [5.74, 6) is -2.40. The summed E-state index contributed by atoms with van der Waals surface area (Å²) in [4.78, 5) is 73.1. The first kappa shape index (κ1) is 43.6. The summed E-state index contributed by atoms with van der Waals surface area (Å²) >= 11 is 0. The maximum absolute atomic E-state index is 12.6. The SMILES string of the molecule is CC(=O)N[C@H]1[C@@H](OP(=O)([O-])OP(=O)([O-])OC[C@H]2O[C@@H](n3ccc(=O)[nH]c3=O)[C@H](O)[C@@H]2O)O[C@H](CO)[C@@H](O)[C@@H]1O[C@H](C)C(=O)O.[Na+].[Na+]. The minimum atomic E-state index is -6.05. The predicted octanol–water partition coefficient (Wildman–Crippen LogP) is -11.4. The molecule has 1 amide bonds. The van der Waals surface area contributed by atoms with E-state index >= 15 is 0 Å². The second kappa shape index (κ2) is 18.0. The second-order valence-corrected chi connectivity index (χ2v) is 12.4. The number of hydrogen-bond donors (Lipinski definition) is 7. The van der Waals surface area contributed by atoms with Gasteiger partial charge in [0.2, 0.25) is 5.91 Å². The van der Waals surface area contributed by atoms with E-state index in [1.165, 1.54) is 0 Å². The van der Waals surface area contributed by atoms with Crippen LogP contribution in [0.2, 0.25) is 0 Å². The molecule has 0 aliphatic carbocycles. The number of nitrogens with one attached hydrogen (secondary N) is 2. The Morgan fingerprint density at radius 2 is 1.72 bits per heavy atom. The number of carboxylic acid groups (broad SMARTS) is 1. The molecule has 3 rings (SSSR count). The molecule has 22 nitrogen and oxygen atoms in total. The number of phosphoric ester groups is 2. The fourth-order valence-corrected chi connectivity index (χ4v) is 6.27. The molecule has 0 bridgehead atoms. The van der Waals surface area contributed by atoms with E-state index in [9.17, 15) is 58.5 Å². The van der Waals surface area contributed by atoms with Crippen LogP contribution >= 0.6 is 15.6 Å². The molecule has 0 aromatic carbocycles. The normalized spacial score (nSPS) is 32.6. The number of ether oxygens (including phenoxy) is 3. The van der Waals surface area contributed by atoms with Gasteiger partial charge in [-0.2, -0.15) is 0 Å². The third-order valence-electron chi connectivity index (χ3n) is 6.22. The minimum absolute atomic E-state index is 0. The van der Waals surface area contributed by atoms with Crippen LogP contribution in [0.5, 0.6) is 0 Å². The number of carbonyl (C=O) groups excluding carboxylic acids is 1. The van der Waals surface area contributed by atoms with Gasteiger partial charge in [-0.15, -0.1) is 0 Å². The first-order valence-electron chi connectivity index (χ1n) is 12.4. The van der Waals surface area contributed by atoms with Crippen molar-refractivity contribution in [3.63, 3.8) is 0 Å². The Bertz CT molecular complexity index is 1410. The number of aliphatic hydroxyl groups is 4. The zero-order valence-corrected chi connectivity index (χ0v) is 30.4. The van der Waals surface area contributed by atoms with Crippen molar-refractivity contribution in [3.8, 4) is 0 Å². The molecule has 26 heteroatoms. The standard InChI is InChI=1S/C20H31N3O19P2.2Na/c1-7(18(30)31)38-16-12(21-8(2)25)19(40-9(5-24)14(16)28)41-44(35,36)42-43(33,34)37-6-10-13(27)15(29)17(39-10)23-4-3-11(26)22-20(23)32;;/h3-4,7,9-10,12-17,19,24,27-29H,5-6H2,1-2H3,(H,21,25)(H,30,31)(H,33,34)(H,35,36)(H,22,26,32);;/q;2*+1/p-2/t7-,9-,10-,12-,13-,14-,15-,16-,17-,19-;;/m1../s1. The average molecular weight is 723 g/mol. The summed E-state index contributed by atoms with van der Waals surface area (Å²) < 4.78 is 54.3. The summed E-state index contributed by atoms with van der Waals surface area (Å²) in [6.45, 7) is -0.175. The zero-order chi connectivity index (χ0) is 33.1. The Balaban J connectivity index is 0.00000529. The van der Waals surface area contributed by atoms with Crippen LogP contribution in [0, 0.1) is 0 Å². The van der Waals surface area contributed by atoms with E-state index in [2.05, 4.69) is 18.7 Å². The molecule has 0 radical (unpaired) electrons.